The molecule has 2 aromatic rings. The molecule has 0 radical (unpaired) electrons. The summed E-state index contributed by atoms with van der Waals surface area (Å²) < 4.78 is 0. The van der Waals surface area contributed by atoms with E-state index in [0.717, 1.165) is 5.75 Å². The molecule has 0 aliphatic rings. The fraction of sp³-hybridized carbons (Fsp3) is 0.231. The van der Waals surface area contributed by atoms with E-state index in [1.165, 1.54) is 15.3 Å². The summed E-state index contributed by atoms with van der Waals surface area (Å²) in [4.78, 5) is 2.53. The zero-order valence-electron chi connectivity index (χ0n) is 9.63. The van der Waals surface area contributed by atoms with Crippen molar-refractivity contribution < 1.29 is 0 Å². The second-order valence-corrected chi connectivity index (χ2v) is 5.81. The highest BCUT2D eigenvalue weighted by Gasteiger charge is 2.09. The van der Waals surface area contributed by atoms with E-state index in [1.54, 1.807) is 11.3 Å². The first kappa shape index (κ1) is 14.6. The largest absolute Gasteiger partial charge is 0.320 e. The third-order valence-corrected chi connectivity index (χ3v) is 4.25. The van der Waals surface area contributed by atoms with Crippen LogP contribution in [0.25, 0.3) is 0 Å². The monoisotopic (exact) mass is 285 g/mol. The molecular weight excluding hydrogens is 270 g/mol. The third kappa shape index (κ3) is 3.75. The summed E-state index contributed by atoms with van der Waals surface area (Å²) in [5, 5.41) is 2.07. The molecule has 2 rings (SSSR count). The first-order valence-electron chi connectivity index (χ1n) is 5.33. The van der Waals surface area contributed by atoms with Gasteiger partial charge in [0.2, 0.25) is 0 Å². The number of thioether (sulfide) groups is 1. The Balaban J connectivity index is 0.00000144. The van der Waals surface area contributed by atoms with Crippen LogP contribution in [0.2, 0.25) is 0 Å². The molecule has 0 aliphatic heterocycles. The molecule has 17 heavy (non-hydrogen) atoms. The highest BCUT2D eigenvalue weighted by atomic mass is 35.5. The van der Waals surface area contributed by atoms with Crippen LogP contribution in [0.5, 0.6) is 0 Å². The second kappa shape index (κ2) is 7.07. The summed E-state index contributed by atoms with van der Waals surface area (Å²) >= 11 is 3.57. The smallest absolute Gasteiger partial charge is 0.0646 e. The minimum atomic E-state index is 0. The van der Waals surface area contributed by atoms with Crippen molar-refractivity contribution in [1.29, 1.82) is 0 Å². The molecule has 1 heterocycles. The number of hydrogen-bond donors (Lipinski definition) is 1. The fourth-order valence-corrected chi connectivity index (χ4v) is 2.99. The molecular formula is C13H16ClNS2. The maximum atomic E-state index is 6.19. The van der Waals surface area contributed by atoms with Crippen LogP contribution in [0.15, 0.2) is 46.7 Å². The van der Waals surface area contributed by atoms with Gasteiger partial charge in [-0.25, -0.2) is 0 Å². The van der Waals surface area contributed by atoms with Crippen LogP contribution in [-0.2, 0) is 0 Å². The topological polar surface area (TPSA) is 26.0 Å². The van der Waals surface area contributed by atoms with Crippen molar-refractivity contribution in [3.8, 4) is 0 Å². The molecule has 0 bridgehead atoms. The summed E-state index contributed by atoms with van der Waals surface area (Å²) in [6.45, 7) is 2.16. The molecule has 1 atom stereocenters. The molecule has 1 aromatic heterocycles. The molecule has 92 valence electrons. The van der Waals surface area contributed by atoms with Crippen molar-refractivity contribution in [2.45, 2.75) is 17.9 Å². The Hall–Kier alpha value is -0.480. The lowest BCUT2D eigenvalue weighted by Gasteiger charge is -2.10. The van der Waals surface area contributed by atoms with E-state index in [0.29, 0.717) is 0 Å². The summed E-state index contributed by atoms with van der Waals surface area (Å²) in [6.07, 6.45) is 0. The van der Waals surface area contributed by atoms with Crippen LogP contribution in [0, 0.1) is 0 Å². The van der Waals surface area contributed by atoms with Crippen LogP contribution in [0.4, 0.5) is 0 Å². The van der Waals surface area contributed by atoms with E-state index in [9.17, 15) is 0 Å². The predicted molar refractivity (Wildman–Crippen MR) is 80.4 cm³/mol. The van der Waals surface area contributed by atoms with Gasteiger partial charge in [-0.1, -0.05) is 25.1 Å². The number of halogens is 1. The van der Waals surface area contributed by atoms with Gasteiger partial charge in [0.15, 0.2) is 0 Å². The highest BCUT2D eigenvalue weighted by Crippen LogP contribution is 2.25. The Morgan fingerprint density at radius 2 is 1.94 bits per heavy atom. The molecule has 0 saturated heterocycles. The number of benzene rings is 1. The van der Waals surface area contributed by atoms with E-state index in [4.69, 9.17) is 5.73 Å². The van der Waals surface area contributed by atoms with Crippen LogP contribution in [0.1, 0.15) is 23.4 Å². The van der Waals surface area contributed by atoms with Gasteiger partial charge in [0.1, 0.15) is 0 Å². The maximum absolute atomic E-state index is 6.19. The quantitative estimate of drug-likeness (QED) is 0.846. The summed E-state index contributed by atoms with van der Waals surface area (Å²) in [5.74, 6) is 1.11. The summed E-state index contributed by atoms with van der Waals surface area (Å²) in [5.41, 5.74) is 7.37. The van der Waals surface area contributed by atoms with Gasteiger partial charge in [0.25, 0.3) is 0 Å². The van der Waals surface area contributed by atoms with Gasteiger partial charge >= 0.3 is 0 Å². The van der Waals surface area contributed by atoms with Gasteiger partial charge in [-0.15, -0.1) is 35.5 Å². The van der Waals surface area contributed by atoms with Crippen molar-refractivity contribution in [3.63, 3.8) is 0 Å². The molecule has 0 fully saturated rings. The van der Waals surface area contributed by atoms with Crippen LogP contribution >= 0.6 is 35.5 Å². The maximum Gasteiger partial charge on any atom is 0.0646 e. The van der Waals surface area contributed by atoms with Gasteiger partial charge in [0.05, 0.1) is 6.04 Å². The van der Waals surface area contributed by atoms with Gasteiger partial charge in [-0.2, -0.15) is 0 Å². The van der Waals surface area contributed by atoms with E-state index < -0.39 is 0 Å². The molecule has 4 heteroatoms. The SMILES string of the molecule is CCSc1ccc([C@H](N)c2cccs2)cc1.Cl. The molecule has 0 aliphatic carbocycles. The molecule has 0 amide bonds. The fourth-order valence-electron chi connectivity index (χ4n) is 1.57. The standard InChI is InChI=1S/C13H15NS2.ClH/c1-2-15-11-7-5-10(6-8-11)13(14)12-4-3-9-16-12;/h3-9,13H,2,14H2,1H3;1H/t13-;/m0./s1. The first-order valence-corrected chi connectivity index (χ1v) is 7.19. The van der Waals surface area contributed by atoms with Crippen LogP contribution < -0.4 is 5.73 Å². The van der Waals surface area contributed by atoms with Crippen molar-refractivity contribution in [2.24, 2.45) is 5.73 Å². The van der Waals surface area contributed by atoms with Crippen molar-refractivity contribution in [3.05, 3.63) is 52.2 Å². The van der Waals surface area contributed by atoms with E-state index >= 15 is 0 Å². The summed E-state index contributed by atoms with van der Waals surface area (Å²) in [7, 11) is 0. The number of hydrogen-bond acceptors (Lipinski definition) is 3. The molecule has 0 saturated carbocycles. The minimum Gasteiger partial charge on any atom is -0.320 e. The Kier molecular flexibility index (Phi) is 6.06. The molecule has 0 spiro atoms. The molecule has 1 aromatic carbocycles. The number of rotatable bonds is 4. The lowest BCUT2D eigenvalue weighted by Crippen LogP contribution is -2.09. The Labute approximate surface area is 117 Å². The normalized spacial score (nSPS) is 11.9. The third-order valence-electron chi connectivity index (χ3n) is 2.40. The predicted octanol–water partition coefficient (Wildman–Crippen LogP) is 4.33. The number of nitrogens with two attached hydrogens (primary N) is 1. The Morgan fingerprint density at radius 1 is 1.24 bits per heavy atom. The van der Waals surface area contributed by atoms with Gasteiger partial charge in [-0.3, -0.25) is 0 Å². The Bertz CT molecular complexity index is 425. The first-order chi connectivity index (χ1) is 7.81. The van der Waals surface area contributed by atoms with Crippen molar-refractivity contribution in [2.75, 3.05) is 5.75 Å². The van der Waals surface area contributed by atoms with Gasteiger partial charge in [0, 0.05) is 9.77 Å². The lowest BCUT2D eigenvalue weighted by atomic mass is 10.1. The van der Waals surface area contributed by atoms with Gasteiger partial charge < -0.3 is 5.73 Å². The van der Waals surface area contributed by atoms with Gasteiger partial charge in [-0.05, 0) is 34.9 Å². The van der Waals surface area contributed by atoms with Crippen LogP contribution in [0.3, 0.4) is 0 Å². The lowest BCUT2D eigenvalue weighted by molar-refractivity contribution is 0.891. The van der Waals surface area contributed by atoms with E-state index in [-0.39, 0.29) is 18.4 Å². The molecule has 0 unspecified atom stereocenters. The zero-order chi connectivity index (χ0) is 11.4. The zero-order valence-corrected chi connectivity index (χ0v) is 12.1. The molecule has 1 nitrogen and oxygen atoms in total. The average Bonchev–Trinajstić information content (AvgIpc) is 2.83. The number of thiophene rings is 1. The van der Waals surface area contributed by atoms with E-state index in [2.05, 4.69) is 42.6 Å². The summed E-state index contributed by atoms with van der Waals surface area (Å²) in [6, 6.07) is 12.7. The second-order valence-electron chi connectivity index (χ2n) is 3.50. The molecule has 2 N–H and O–H groups in total. The highest BCUT2D eigenvalue weighted by molar-refractivity contribution is 7.99. The van der Waals surface area contributed by atoms with Crippen molar-refractivity contribution >= 4 is 35.5 Å². The average molecular weight is 286 g/mol. The van der Waals surface area contributed by atoms with Crippen LogP contribution in [-0.4, -0.2) is 5.75 Å². The Morgan fingerprint density at radius 3 is 2.47 bits per heavy atom. The van der Waals surface area contributed by atoms with E-state index in [1.807, 2.05) is 17.8 Å². The minimum absolute atomic E-state index is 0. The van der Waals surface area contributed by atoms with Crippen molar-refractivity contribution in [1.82, 2.24) is 0 Å².